The first-order valence-electron chi connectivity index (χ1n) is 24.3. The second-order valence-electron chi connectivity index (χ2n) is 18.7. The van der Waals surface area contributed by atoms with Crippen molar-refractivity contribution < 1.29 is 0 Å². The Hall–Kier alpha value is -8.68. The number of fused-ring (bicyclic) bond motifs is 13. The lowest BCUT2D eigenvalue weighted by molar-refractivity contribution is 1.12. The van der Waals surface area contributed by atoms with E-state index in [2.05, 4.69) is 230 Å². The van der Waals surface area contributed by atoms with E-state index in [1.807, 2.05) is 17.4 Å². The van der Waals surface area contributed by atoms with Gasteiger partial charge < -0.3 is 9.13 Å². The van der Waals surface area contributed by atoms with Gasteiger partial charge in [0.15, 0.2) is 5.82 Å². The highest BCUT2D eigenvalue weighted by Crippen LogP contribution is 2.47. The van der Waals surface area contributed by atoms with Crippen LogP contribution in [0.25, 0.3) is 120 Å². The summed E-state index contributed by atoms with van der Waals surface area (Å²) in [5.74, 6) is 0.661. The number of hydrogen-bond acceptors (Lipinski definition) is 4. The van der Waals surface area contributed by atoms with Crippen LogP contribution in [-0.2, 0) is 0 Å². The number of aryl methyl sites for hydroxylation is 1. The summed E-state index contributed by atoms with van der Waals surface area (Å²) in [6, 6.07) is 67.9. The number of rotatable bonds is 5. The average Bonchev–Trinajstić information content (AvgIpc) is 4.17. The summed E-state index contributed by atoms with van der Waals surface area (Å²) in [7, 11) is 0. The number of nitrogens with zero attached hydrogens (tertiary/aromatic N) is 4. The number of thiophene rings is 2. The molecule has 0 saturated heterocycles. The zero-order valence-corrected chi connectivity index (χ0v) is 41.3. The van der Waals surface area contributed by atoms with Crippen molar-refractivity contribution in [3.8, 4) is 33.9 Å². The van der Waals surface area contributed by atoms with Gasteiger partial charge in [-0.1, -0.05) is 159 Å². The maximum Gasteiger partial charge on any atom is 0.160 e. The zero-order valence-electron chi connectivity index (χ0n) is 39.6. The van der Waals surface area contributed by atoms with Crippen LogP contribution in [0.3, 0.4) is 0 Å². The number of allylic oxidation sites excluding steroid dienone is 3. The molecule has 0 aliphatic carbocycles. The van der Waals surface area contributed by atoms with Gasteiger partial charge in [-0.2, -0.15) is 0 Å². The molecule has 0 amide bonds. The molecule has 0 spiro atoms. The number of aromatic nitrogens is 4. The minimum atomic E-state index is 0.661. The highest BCUT2D eigenvalue weighted by atomic mass is 32.1. The van der Waals surface area contributed by atoms with Gasteiger partial charge in [0.1, 0.15) is 0 Å². The molecule has 0 unspecified atom stereocenters. The molecule has 0 N–H and O–H groups in total. The van der Waals surface area contributed by atoms with Gasteiger partial charge in [-0.05, 0) is 102 Å². The van der Waals surface area contributed by atoms with Crippen LogP contribution in [0.2, 0.25) is 0 Å². The lowest BCUT2D eigenvalue weighted by atomic mass is 9.91. The Morgan fingerprint density at radius 3 is 1.85 bits per heavy atom. The maximum absolute atomic E-state index is 5.79. The third kappa shape index (κ3) is 6.36. The molecule has 0 radical (unpaired) electrons. The van der Waals surface area contributed by atoms with E-state index < -0.39 is 0 Å². The molecule has 2 bridgehead atoms. The van der Waals surface area contributed by atoms with Crippen LogP contribution in [-0.4, -0.2) is 19.1 Å². The van der Waals surface area contributed by atoms with Crippen LogP contribution < -0.4 is 9.75 Å². The standard InChI is InChI=1S/C66H44N4S2/c1-5-20-51-50-29-13-18-34-59(50)72-65(51)41(4)61-60-43-23-19-24-44(36-43)70-57-32-16-11-28-49(57)53-38-45(69-55-30-14-9-26-47(55)48-27-10-15-31-56(48)69)37-52(63(53)70)39(2)35-54(64-40(3)46-25-12-17-33-58(46)71-64)62(60)68-66(67-61)42-21-7-6-8-22-42/h5-38H,1-2H2,3-4H3/b51-20-,54-35-,65-41-. The molecule has 6 heterocycles. The monoisotopic (exact) mass is 956 g/mol. The Morgan fingerprint density at radius 2 is 1.15 bits per heavy atom. The van der Waals surface area contributed by atoms with E-state index in [0.29, 0.717) is 5.82 Å². The normalized spacial score (nSPS) is 14.1. The van der Waals surface area contributed by atoms with Gasteiger partial charge in [-0.25, -0.2) is 9.97 Å². The fourth-order valence-electron chi connectivity index (χ4n) is 11.3. The van der Waals surface area contributed by atoms with Gasteiger partial charge in [0.2, 0.25) is 0 Å². The SMILES string of the molecule is C=C/C=c1\c(=C(/C)c2nc(-c3ccccc3)nc3c2-c2cccc(c2)-n2c4ccccc4c4cc(-n5c6ccccc6c6ccccc65)cc(c42)C(=C)/C=C/3c2sc3ccccc3c2C)sc2ccccc12. The molecule has 72 heavy (non-hydrogen) atoms. The Balaban J connectivity index is 1.17. The van der Waals surface area contributed by atoms with Crippen molar-refractivity contribution in [2.24, 2.45) is 0 Å². The molecule has 0 saturated carbocycles. The summed E-state index contributed by atoms with van der Waals surface area (Å²) < 4.78 is 8.47. The topological polar surface area (TPSA) is 35.6 Å². The minimum absolute atomic E-state index is 0.661. The predicted molar refractivity (Wildman–Crippen MR) is 308 cm³/mol. The van der Waals surface area contributed by atoms with Crippen molar-refractivity contribution in [2.75, 3.05) is 0 Å². The summed E-state index contributed by atoms with van der Waals surface area (Å²) >= 11 is 3.61. The lowest BCUT2D eigenvalue weighted by Crippen LogP contribution is -2.22. The molecule has 5 aromatic heterocycles. The van der Waals surface area contributed by atoms with Crippen molar-refractivity contribution in [3.05, 3.63) is 251 Å². The fraction of sp³-hybridized carbons (Fsp3) is 0.0303. The average molecular weight is 957 g/mol. The van der Waals surface area contributed by atoms with E-state index in [0.717, 1.165) is 104 Å². The summed E-state index contributed by atoms with van der Waals surface area (Å²) in [5, 5.41) is 8.34. The molecule has 0 fully saturated rings. The number of benzene rings is 8. The molecule has 0 atom stereocenters. The predicted octanol–water partition coefficient (Wildman–Crippen LogP) is 16.4. The molecular weight excluding hydrogens is 913 g/mol. The van der Waals surface area contributed by atoms with E-state index >= 15 is 0 Å². The highest BCUT2D eigenvalue weighted by molar-refractivity contribution is 7.20. The number of hydrogen-bond donors (Lipinski definition) is 0. The fourth-order valence-corrected chi connectivity index (χ4v) is 13.7. The summed E-state index contributed by atoms with van der Waals surface area (Å²) in [5.41, 5.74) is 16.5. The molecule has 14 rings (SSSR count). The van der Waals surface area contributed by atoms with Crippen LogP contribution in [0.5, 0.6) is 0 Å². The van der Waals surface area contributed by atoms with E-state index in [1.54, 1.807) is 11.3 Å². The van der Waals surface area contributed by atoms with E-state index in [-0.39, 0.29) is 0 Å². The molecule has 13 aromatic rings. The van der Waals surface area contributed by atoms with E-state index in [4.69, 9.17) is 16.5 Å². The Bertz CT molecular complexity index is 4580. The highest BCUT2D eigenvalue weighted by Gasteiger charge is 2.28. The second-order valence-corrected chi connectivity index (χ2v) is 20.8. The molecule has 4 nitrogen and oxygen atoms in total. The smallest absolute Gasteiger partial charge is 0.160 e. The molecule has 1 aliphatic rings. The first-order chi connectivity index (χ1) is 35.4. The van der Waals surface area contributed by atoms with Gasteiger partial charge in [0, 0.05) is 84.6 Å². The third-order valence-corrected chi connectivity index (χ3v) is 17.2. The van der Waals surface area contributed by atoms with Crippen molar-refractivity contribution in [2.45, 2.75) is 13.8 Å². The second kappa shape index (κ2) is 16.5. The molecule has 340 valence electrons. The van der Waals surface area contributed by atoms with Crippen molar-refractivity contribution >= 4 is 109 Å². The van der Waals surface area contributed by atoms with E-state index in [1.165, 1.54) is 41.9 Å². The Morgan fingerprint density at radius 1 is 0.556 bits per heavy atom. The van der Waals surface area contributed by atoms with Crippen molar-refractivity contribution in [1.82, 2.24) is 19.1 Å². The molecule has 6 heteroatoms. The summed E-state index contributed by atoms with van der Waals surface area (Å²) in [4.78, 5) is 12.6. The third-order valence-electron chi connectivity index (χ3n) is 14.5. The van der Waals surface area contributed by atoms with Crippen molar-refractivity contribution in [3.63, 3.8) is 0 Å². The van der Waals surface area contributed by atoms with Crippen molar-refractivity contribution in [1.29, 1.82) is 0 Å². The zero-order chi connectivity index (χ0) is 48.2. The van der Waals surface area contributed by atoms with Crippen LogP contribution in [0.1, 0.15) is 34.3 Å². The lowest BCUT2D eigenvalue weighted by Gasteiger charge is -2.19. The quantitative estimate of drug-likeness (QED) is 0.172. The largest absolute Gasteiger partial charge is 0.309 e. The van der Waals surface area contributed by atoms with Crippen LogP contribution >= 0.6 is 22.7 Å². The van der Waals surface area contributed by atoms with Gasteiger partial charge in [0.25, 0.3) is 0 Å². The Labute approximate surface area is 424 Å². The van der Waals surface area contributed by atoms with E-state index in [9.17, 15) is 0 Å². The maximum atomic E-state index is 5.79. The van der Waals surface area contributed by atoms with Gasteiger partial charge >= 0.3 is 0 Å². The molecule has 8 aromatic carbocycles. The first-order valence-corrected chi connectivity index (χ1v) is 25.9. The Kier molecular flexibility index (Phi) is 9.65. The van der Waals surface area contributed by atoms with Gasteiger partial charge in [-0.3, -0.25) is 0 Å². The van der Waals surface area contributed by atoms with Gasteiger partial charge in [-0.15, -0.1) is 22.7 Å². The van der Waals surface area contributed by atoms with Crippen LogP contribution in [0.15, 0.2) is 213 Å². The van der Waals surface area contributed by atoms with Gasteiger partial charge in [0.05, 0.1) is 33.5 Å². The first kappa shape index (κ1) is 42.2. The molecule has 1 aliphatic heterocycles. The molecular formula is C66H44N4S2. The summed E-state index contributed by atoms with van der Waals surface area (Å²) in [6.45, 7) is 13.8. The summed E-state index contributed by atoms with van der Waals surface area (Å²) in [6.07, 6.45) is 6.37. The van der Waals surface area contributed by atoms with Crippen LogP contribution in [0, 0.1) is 6.92 Å². The number of para-hydroxylation sites is 3. The minimum Gasteiger partial charge on any atom is -0.309 e. The van der Waals surface area contributed by atoms with Crippen LogP contribution in [0.4, 0.5) is 0 Å².